The van der Waals surface area contributed by atoms with Gasteiger partial charge in [0.15, 0.2) is 4.91 Å². The number of aliphatic hydroxyl groups excluding tert-OH is 1. The zero-order chi connectivity index (χ0) is 23.5. The first-order valence-electron chi connectivity index (χ1n) is 10.2. The fourth-order valence-corrected chi connectivity index (χ4v) is 5.56. The van der Waals surface area contributed by atoms with Gasteiger partial charge in [-0.1, -0.05) is 25.1 Å². The maximum absolute atomic E-state index is 12.6. The Hall–Kier alpha value is -2.70. The molecule has 1 heterocycles. The fraction of sp³-hybridized carbons (Fsp3) is 0.292. The number of thiophene rings is 1. The molecule has 0 bridgehead atoms. The molecule has 0 spiro atoms. The predicted molar refractivity (Wildman–Crippen MR) is 133 cm³/mol. The van der Waals surface area contributed by atoms with Gasteiger partial charge in [0.25, 0.3) is 10.0 Å². The van der Waals surface area contributed by atoms with Crippen molar-refractivity contribution in [3.05, 3.63) is 58.3 Å². The Balaban J connectivity index is 1.92. The van der Waals surface area contributed by atoms with Gasteiger partial charge in [-0.05, 0) is 65.1 Å². The first kappa shape index (κ1) is 24.0. The highest BCUT2D eigenvalue weighted by molar-refractivity contribution is 7.93. The van der Waals surface area contributed by atoms with Gasteiger partial charge in [0.05, 0.1) is 0 Å². The van der Waals surface area contributed by atoms with Crippen LogP contribution in [0.4, 0.5) is 5.69 Å². The minimum absolute atomic E-state index is 0.0691. The van der Waals surface area contributed by atoms with Gasteiger partial charge < -0.3 is 10.0 Å². The molecule has 3 aromatic rings. The normalized spacial score (nSPS) is 13.5. The monoisotopic (exact) mass is 469 g/mol. The summed E-state index contributed by atoms with van der Waals surface area (Å²) >= 11 is 1.45. The summed E-state index contributed by atoms with van der Waals surface area (Å²) < 4.78 is 27.7. The summed E-state index contributed by atoms with van der Waals surface area (Å²) in [4.78, 5) is 3.48. The molecule has 8 heteroatoms. The lowest BCUT2D eigenvalue weighted by Crippen LogP contribution is -2.30. The summed E-state index contributed by atoms with van der Waals surface area (Å²) in [5.41, 5.74) is 2.58. The van der Waals surface area contributed by atoms with E-state index in [0.717, 1.165) is 31.8 Å². The van der Waals surface area contributed by atoms with Crippen molar-refractivity contribution in [2.24, 2.45) is 5.92 Å². The number of rotatable bonds is 8. The summed E-state index contributed by atoms with van der Waals surface area (Å²) in [5, 5.41) is 20.9. The molecule has 0 amide bonds. The van der Waals surface area contributed by atoms with Gasteiger partial charge in [0.2, 0.25) is 0 Å². The van der Waals surface area contributed by atoms with Crippen LogP contribution in [0.2, 0.25) is 0 Å². The molecule has 0 saturated heterocycles. The molecule has 2 N–H and O–H groups in total. The van der Waals surface area contributed by atoms with Crippen LogP contribution in [0.15, 0.2) is 53.4 Å². The SMILES string of the molecule is C/C(=C(/C#N)S(=O)(=O)NCC(C)CO)c1ccc(-c2ccc3cc(N(C)C)ccc3c2)s1. The molecule has 1 aromatic heterocycles. The van der Waals surface area contributed by atoms with E-state index in [9.17, 15) is 13.7 Å². The van der Waals surface area contributed by atoms with Crippen molar-refractivity contribution in [3.63, 3.8) is 0 Å². The summed E-state index contributed by atoms with van der Waals surface area (Å²) in [6.45, 7) is 3.30. The van der Waals surface area contributed by atoms with Crippen molar-refractivity contribution >= 4 is 43.4 Å². The van der Waals surface area contributed by atoms with E-state index < -0.39 is 10.0 Å². The molecule has 3 rings (SSSR count). The molecular formula is C24H27N3O3S2. The highest BCUT2D eigenvalue weighted by Gasteiger charge is 2.22. The molecule has 0 fully saturated rings. The number of hydrogen-bond donors (Lipinski definition) is 2. The first-order chi connectivity index (χ1) is 15.2. The van der Waals surface area contributed by atoms with Crippen LogP contribution in [0.1, 0.15) is 18.7 Å². The van der Waals surface area contributed by atoms with Crippen LogP contribution in [0.5, 0.6) is 0 Å². The van der Waals surface area contributed by atoms with Crippen LogP contribution < -0.4 is 9.62 Å². The summed E-state index contributed by atoms with van der Waals surface area (Å²) in [6, 6.07) is 18.2. The second kappa shape index (κ2) is 9.84. The van der Waals surface area contributed by atoms with E-state index in [2.05, 4.69) is 46.0 Å². The van der Waals surface area contributed by atoms with E-state index in [1.54, 1.807) is 13.8 Å². The van der Waals surface area contributed by atoms with E-state index >= 15 is 0 Å². The smallest absolute Gasteiger partial charge is 0.251 e. The molecule has 1 unspecified atom stereocenters. The Morgan fingerprint density at radius 3 is 2.50 bits per heavy atom. The van der Waals surface area contributed by atoms with Gasteiger partial charge in [-0.25, -0.2) is 13.1 Å². The minimum atomic E-state index is -3.96. The molecule has 2 aromatic carbocycles. The van der Waals surface area contributed by atoms with Crippen molar-refractivity contribution in [1.82, 2.24) is 4.72 Å². The maximum atomic E-state index is 12.6. The second-order valence-electron chi connectivity index (χ2n) is 8.01. The summed E-state index contributed by atoms with van der Waals surface area (Å²) in [5.74, 6) is -0.236. The average molecular weight is 470 g/mol. The highest BCUT2D eigenvalue weighted by Crippen LogP contribution is 2.35. The number of fused-ring (bicyclic) bond motifs is 1. The van der Waals surface area contributed by atoms with Gasteiger partial charge in [-0.15, -0.1) is 11.3 Å². The molecule has 168 valence electrons. The number of anilines is 1. The molecule has 0 aliphatic rings. The Morgan fingerprint density at radius 2 is 1.84 bits per heavy atom. The largest absolute Gasteiger partial charge is 0.396 e. The van der Waals surface area contributed by atoms with Crippen LogP contribution >= 0.6 is 11.3 Å². The van der Waals surface area contributed by atoms with E-state index in [-0.39, 0.29) is 24.0 Å². The number of nitrogens with one attached hydrogen (secondary N) is 1. The summed E-state index contributed by atoms with van der Waals surface area (Å²) in [6.07, 6.45) is 0. The van der Waals surface area contributed by atoms with Crippen LogP contribution in [0, 0.1) is 17.2 Å². The minimum Gasteiger partial charge on any atom is -0.396 e. The van der Waals surface area contributed by atoms with E-state index in [1.165, 1.54) is 11.3 Å². The molecule has 0 aliphatic carbocycles. The Bertz CT molecular complexity index is 1300. The van der Waals surface area contributed by atoms with Gasteiger partial charge in [0, 0.05) is 42.7 Å². The van der Waals surface area contributed by atoms with Crippen LogP contribution in [-0.2, 0) is 10.0 Å². The lowest BCUT2D eigenvalue weighted by atomic mass is 10.1. The van der Waals surface area contributed by atoms with Crippen molar-refractivity contribution in [3.8, 4) is 16.5 Å². The van der Waals surface area contributed by atoms with Crippen molar-refractivity contribution in [2.45, 2.75) is 13.8 Å². The number of hydrogen-bond acceptors (Lipinski definition) is 6. The number of sulfonamides is 1. The van der Waals surface area contributed by atoms with Gasteiger partial charge >= 0.3 is 0 Å². The molecule has 0 aliphatic heterocycles. The third-order valence-corrected chi connectivity index (χ3v) is 7.98. The Labute approximate surface area is 193 Å². The molecular weight excluding hydrogens is 442 g/mol. The topological polar surface area (TPSA) is 93.4 Å². The predicted octanol–water partition coefficient (Wildman–Crippen LogP) is 4.44. The molecule has 0 saturated carbocycles. The zero-order valence-electron chi connectivity index (χ0n) is 18.6. The fourth-order valence-electron chi connectivity index (χ4n) is 3.21. The van der Waals surface area contributed by atoms with Gasteiger partial charge in [-0.3, -0.25) is 0 Å². The third-order valence-electron chi connectivity index (χ3n) is 5.24. The van der Waals surface area contributed by atoms with E-state index in [1.807, 2.05) is 32.3 Å². The first-order valence-corrected chi connectivity index (χ1v) is 12.5. The van der Waals surface area contributed by atoms with Crippen molar-refractivity contribution < 1.29 is 13.5 Å². The van der Waals surface area contributed by atoms with Gasteiger partial charge in [-0.2, -0.15) is 5.26 Å². The number of aliphatic hydroxyl groups is 1. The quantitative estimate of drug-likeness (QED) is 0.476. The third kappa shape index (κ3) is 5.19. The highest BCUT2D eigenvalue weighted by atomic mass is 32.2. The lowest BCUT2D eigenvalue weighted by Gasteiger charge is -2.13. The van der Waals surface area contributed by atoms with E-state index in [4.69, 9.17) is 5.11 Å². The summed E-state index contributed by atoms with van der Waals surface area (Å²) in [7, 11) is 0.0616. The molecule has 1 atom stereocenters. The number of allylic oxidation sites excluding steroid dienone is 2. The maximum Gasteiger partial charge on any atom is 0.251 e. The second-order valence-corrected chi connectivity index (χ2v) is 10.8. The van der Waals surface area contributed by atoms with Gasteiger partial charge in [0.1, 0.15) is 6.07 Å². The van der Waals surface area contributed by atoms with Crippen molar-refractivity contribution in [2.75, 3.05) is 32.1 Å². The molecule has 6 nitrogen and oxygen atoms in total. The van der Waals surface area contributed by atoms with E-state index in [0.29, 0.717) is 5.57 Å². The Kier molecular flexibility index (Phi) is 7.36. The standard InChI is InChI=1S/C24H27N3O3S2/c1-16(15-28)14-26-32(29,30)24(13-25)17(2)22-9-10-23(31-22)20-6-5-19-12-21(27(3)4)8-7-18(19)11-20/h5-12,16,26,28H,14-15H2,1-4H3/b24-17+. The molecule has 32 heavy (non-hydrogen) atoms. The number of benzene rings is 2. The van der Waals surface area contributed by atoms with Crippen LogP contribution in [-0.4, -0.2) is 40.8 Å². The molecule has 0 radical (unpaired) electrons. The Morgan fingerprint density at radius 1 is 1.16 bits per heavy atom. The van der Waals surface area contributed by atoms with Crippen molar-refractivity contribution in [1.29, 1.82) is 5.26 Å². The average Bonchev–Trinajstić information content (AvgIpc) is 3.27. The number of nitriles is 1. The zero-order valence-corrected chi connectivity index (χ0v) is 20.2. The van der Waals surface area contributed by atoms with Crippen LogP contribution in [0.25, 0.3) is 26.8 Å². The lowest BCUT2D eigenvalue weighted by molar-refractivity contribution is 0.239. The van der Waals surface area contributed by atoms with Crippen LogP contribution in [0.3, 0.4) is 0 Å². The number of nitrogens with zero attached hydrogens (tertiary/aromatic N) is 2.